The fourth-order valence-electron chi connectivity index (χ4n) is 3.45. The van der Waals surface area contributed by atoms with Gasteiger partial charge in [-0.1, -0.05) is 42.5 Å². The summed E-state index contributed by atoms with van der Waals surface area (Å²) in [4.78, 5) is 29.2. The van der Waals surface area contributed by atoms with Crippen LogP contribution in [0.1, 0.15) is 12.5 Å². The monoisotopic (exact) mass is 473 g/mol. The predicted octanol–water partition coefficient (Wildman–Crippen LogP) is 3.81. The summed E-state index contributed by atoms with van der Waals surface area (Å²) in [6.07, 6.45) is 0.354. The second-order valence-electron chi connectivity index (χ2n) is 7.53. The smallest absolute Gasteiger partial charge is 0.344 e. The molecule has 0 unspecified atom stereocenters. The highest BCUT2D eigenvalue weighted by molar-refractivity contribution is 5.84. The third-order valence-corrected chi connectivity index (χ3v) is 5.23. The zero-order valence-corrected chi connectivity index (χ0v) is 19.3. The van der Waals surface area contributed by atoms with Crippen molar-refractivity contribution < 1.29 is 24.1 Å². The summed E-state index contributed by atoms with van der Waals surface area (Å²) in [5.74, 6) is -0.0787. The van der Waals surface area contributed by atoms with Crippen molar-refractivity contribution in [2.45, 2.75) is 13.0 Å². The normalized spacial score (nSPS) is 12.0. The van der Waals surface area contributed by atoms with Crippen LogP contribution in [0.25, 0.3) is 22.3 Å². The van der Waals surface area contributed by atoms with Crippen molar-refractivity contribution >= 4 is 23.1 Å². The molecule has 1 aromatic heterocycles. The Morgan fingerprint density at radius 2 is 1.66 bits per heavy atom. The molecule has 1 atom stereocenters. The van der Waals surface area contributed by atoms with E-state index in [1.807, 2.05) is 36.4 Å². The van der Waals surface area contributed by atoms with Crippen LogP contribution in [0.3, 0.4) is 0 Å². The van der Waals surface area contributed by atoms with Crippen LogP contribution in [0.2, 0.25) is 0 Å². The van der Waals surface area contributed by atoms with Gasteiger partial charge in [-0.25, -0.2) is 9.78 Å². The number of hydrogen-bond donors (Lipinski definition) is 1. The Kier molecular flexibility index (Phi) is 6.77. The maximum Gasteiger partial charge on any atom is 0.344 e. The first kappa shape index (κ1) is 23.5. The Bertz CT molecular complexity index is 1440. The Balaban J connectivity index is 1.83. The van der Waals surface area contributed by atoms with E-state index in [-0.39, 0.29) is 22.8 Å². The number of nitrogens with zero attached hydrogens (tertiary/aromatic N) is 3. The molecule has 9 heteroatoms. The third-order valence-electron chi connectivity index (χ3n) is 5.23. The van der Waals surface area contributed by atoms with E-state index in [0.29, 0.717) is 22.3 Å². The van der Waals surface area contributed by atoms with Crippen molar-refractivity contribution in [2.75, 3.05) is 14.2 Å². The van der Waals surface area contributed by atoms with Gasteiger partial charge in [0.05, 0.1) is 31.3 Å². The van der Waals surface area contributed by atoms with Gasteiger partial charge in [0.25, 0.3) is 5.56 Å². The van der Waals surface area contributed by atoms with Crippen molar-refractivity contribution in [2.24, 2.45) is 5.10 Å². The molecule has 0 amide bonds. The van der Waals surface area contributed by atoms with Crippen molar-refractivity contribution in [3.63, 3.8) is 0 Å². The zero-order chi connectivity index (χ0) is 24.9. The second-order valence-corrected chi connectivity index (χ2v) is 7.53. The number of hydrogen-bond acceptors (Lipinski definition) is 7. The summed E-state index contributed by atoms with van der Waals surface area (Å²) in [6, 6.07) is 19.6. The molecule has 0 aliphatic carbocycles. The van der Waals surface area contributed by atoms with Gasteiger partial charge >= 0.3 is 5.97 Å². The zero-order valence-electron chi connectivity index (χ0n) is 19.3. The number of aliphatic carboxylic acids is 1. The molecule has 0 radical (unpaired) electrons. The lowest BCUT2D eigenvalue weighted by Gasteiger charge is -2.17. The first-order valence-electron chi connectivity index (χ1n) is 10.7. The summed E-state index contributed by atoms with van der Waals surface area (Å²) in [6.45, 7) is 1.40. The summed E-state index contributed by atoms with van der Waals surface area (Å²) in [5.41, 5.74) is 1.52. The van der Waals surface area contributed by atoms with E-state index >= 15 is 0 Å². The van der Waals surface area contributed by atoms with E-state index in [4.69, 9.17) is 14.2 Å². The van der Waals surface area contributed by atoms with Crippen LogP contribution in [0, 0.1) is 0 Å². The summed E-state index contributed by atoms with van der Waals surface area (Å²) < 4.78 is 17.6. The molecular weight excluding hydrogens is 450 g/mol. The van der Waals surface area contributed by atoms with Crippen LogP contribution in [-0.4, -0.2) is 47.3 Å². The summed E-state index contributed by atoms with van der Waals surface area (Å²) in [5, 5.41) is 14.1. The number of aromatic nitrogens is 2. The number of rotatable bonds is 8. The van der Waals surface area contributed by atoms with Gasteiger partial charge in [0.1, 0.15) is 0 Å². The Labute approximate surface area is 200 Å². The van der Waals surface area contributed by atoms with Crippen LogP contribution < -0.4 is 19.8 Å². The van der Waals surface area contributed by atoms with Crippen LogP contribution in [-0.2, 0) is 4.79 Å². The Morgan fingerprint density at radius 1 is 1.03 bits per heavy atom. The highest BCUT2D eigenvalue weighted by Crippen LogP contribution is 2.39. The van der Waals surface area contributed by atoms with Crippen LogP contribution in [0.5, 0.6) is 17.2 Å². The molecule has 9 nitrogen and oxygen atoms in total. The number of methoxy groups -OCH3 is 2. The number of para-hydroxylation sites is 1. The molecule has 0 bridgehead atoms. The van der Waals surface area contributed by atoms with Crippen molar-refractivity contribution in [3.05, 3.63) is 82.6 Å². The van der Waals surface area contributed by atoms with E-state index < -0.39 is 12.1 Å². The molecule has 0 aliphatic rings. The van der Waals surface area contributed by atoms with Gasteiger partial charge in [0, 0.05) is 11.1 Å². The van der Waals surface area contributed by atoms with E-state index in [2.05, 4.69) is 10.1 Å². The maximum atomic E-state index is 13.3. The average Bonchev–Trinajstić information content (AvgIpc) is 2.88. The van der Waals surface area contributed by atoms with Gasteiger partial charge in [-0.15, -0.1) is 0 Å². The van der Waals surface area contributed by atoms with Crippen LogP contribution in [0.15, 0.2) is 76.6 Å². The molecule has 3 aromatic carbocycles. The van der Waals surface area contributed by atoms with Crippen LogP contribution >= 0.6 is 0 Å². The fraction of sp³-hybridized carbons (Fsp3) is 0.154. The molecule has 35 heavy (non-hydrogen) atoms. The van der Waals surface area contributed by atoms with Gasteiger partial charge in [-0.2, -0.15) is 9.78 Å². The van der Waals surface area contributed by atoms with E-state index in [1.165, 1.54) is 32.0 Å². The van der Waals surface area contributed by atoms with E-state index in [9.17, 15) is 14.7 Å². The third kappa shape index (κ3) is 4.84. The number of ether oxygens (including phenoxy) is 3. The van der Waals surface area contributed by atoms with Gasteiger partial charge in [-0.3, -0.25) is 4.79 Å². The molecule has 4 rings (SSSR count). The first-order valence-corrected chi connectivity index (χ1v) is 10.7. The number of benzene rings is 3. The number of fused-ring (bicyclic) bond motifs is 1. The number of carbonyl (C=O) groups is 1. The minimum absolute atomic E-state index is 0.150. The number of carboxylic acids is 1. The van der Waals surface area contributed by atoms with Crippen molar-refractivity contribution in [1.29, 1.82) is 0 Å². The molecule has 0 saturated heterocycles. The van der Waals surface area contributed by atoms with E-state index in [0.717, 1.165) is 5.56 Å². The van der Waals surface area contributed by atoms with Gasteiger partial charge in [-0.05, 0) is 31.2 Å². The van der Waals surface area contributed by atoms with Crippen molar-refractivity contribution in [1.82, 2.24) is 9.66 Å². The number of carboxylic acid groups (broad SMARTS) is 1. The minimum Gasteiger partial charge on any atom is -0.493 e. The van der Waals surface area contributed by atoms with Crippen molar-refractivity contribution in [3.8, 4) is 28.6 Å². The largest absolute Gasteiger partial charge is 0.493 e. The van der Waals surface area contributed by atoms with Gasteiger partial charge in [0.2, 0.25) is 5.75 Å². The van der Waals surface area contributed by atoms with Crippen LogP contribution in [0.4, 0.5) is 0 Å². The summed E-state index contributed by atoms with van der Waals surface area (Å²) >= 11 is 0. The fourth-order valence-corrected chi connectivity index (χ4v) is 3.45. The standard InChI is InChI=1S/C26H23N3O6/c1-16(26(31)32)35-23-21(33-2)13-17(14-22(23)34-3)15-27-29-24(18-9-5-4-6-10-18)28-20-12-8-7-11-19(20)25(29)30/h4-16H,1-3H3,(H,31,32)/t16-/m0/s1. The van der Waals surface area contributed by atoms with Gasteiger partial charge < -0.3 is 19.3 Å². The molecular formula is C26H23N3O6. The minimum atomic E-state index is -1.13. The Hall–Kier alpha value is -4.66. The highest BCUT2D eigenvalue weighted by atomic mass is 16.6. The maximum absolute atomic E-state index is 13.3. The predicted molar refractivity (Wildman–Crippen MR) is 132 cm³/mol. The summed E-state index contributed by atoms with van der Waals surface area (Å²) in [7, 11) is 2.86. The molecule has 4 aromatic rings. The quantitative estimate of drug-likeness (QED) is 0.387. The lowest BCUT2D eigenvalue weighted by molar-refractivity contribution is -0.144. The first-order chi connectivity index (χ1) is 16.9. The average molecular weight is 473 g/mol. The molecule has 0 saturated carbocycles. The van der Waals surface area contributed by atoms with E-state index in [1.54, 1.807) is 30.3 Å². The molecule has 1 heterocycles. The molecule has 0 spiro atoms. The van der Waals surface area contributed by atoms with Gasteiger partial charge in [0.15, 0.2) is 23.4 Å². The second kappa shape index (κ2) is 10.1. The molecule has 178 valence electrons. The molecule has 0 fully saturated rings. The Morgan fingerprint density at radius 3 is 2.29 bits per heavy atom. The topological polar surface area (TPSA) is 112 Å². The molecule has 1 N–H and O–H groups in total. The lowest BCUT2D eigenvalue weighted by atomic mass is 10.2. The molecule has 0 aliphatic heterocycles. The highest BCUT2D eigenvalue weighted by Gasteiger charge is 2.20. The lowest BCUT2D eigenvalue weighted by Crippen LogP contribution is -2.23. The SMILES string of the molecule is COc1cc(C=Nn2c(-c3ccccc3)nc3ccccc3c2=O)cc(OC)c1O[C@@H](C)C(=O)O.